The lowest BCUT2D eigenvalue weighted by atomic mass is 9.88. The Morgan fingerprint density at radius 1 is 1.25 bits per heavy atom. The fraction of sp³-hybridized carbons (Fsp3) is 0.435. The zero-order valence-corrected chi connectivity index (χ0v) is 17.8. The average Bonchev–Trinajstić information content (AvgIpc) is 3.22. The number of amides is 1. The molecule has 1 amide bonds. The summed E-state index contributed by atoms with van der Waals surface area (Å²) < 4.78 is 41.2. The molecule has 1 fully saturated rings. The first-order valence-electron chi connectivity index (χ1n) is 10.8. The fourth-order valence-corrected chi connectivity index (χ4v) is 4.58. The van der Waals surface area contributed by atoms with Gasteiger partial charge in [0.2, 0.25) is 0 Å². The third-order valence-electron chi connectivity index (χ3n) is 6.09. The summed E-state index contributed by atoms with van der Waals surface area (Å²) in [6, 6.07) is 7.14. The first-order chi connectivity index (χ1) is 15.4. The Bertz CT molecular complexity index is 1020. The van der Waals surface area contributed by atoms with E-state index in [0.717, 1.165) is 23.7 Å². The topological polar surface area (TPSA) is 73.9 Å². The molecule has 170 valence electrons. The minimum atomic E-state index is -4.47. The molecule has 2 aromatic heterocycles. The molecule has 3 atom stereocenters. The SMILES string of the molecule is CCN(C(=O)c1cc2ccccc2[nH]1)[C@H]1CCC[C@@H](N[C@H](c2cncnc2)C(F)(F)F)C1. The van der Waals surface area contributed by atoms with Gasteiger partial charge in [-0.05, 0) is 44.7 Å². The summed E-state index contributed by atoms with van der Waals surface area (Å²) in [5.41, 5.74) is 1.37. The summed E-state index contributed by atoms with van der Waals surface area (Å²) in [7, 11) is 0. The van der Waals surface area contributed by atoms with Gasteiger partial charge in [0.1, 0.15) is 18.1 Å². The van der Waals surface area contributed by atoms with Crippen LogP contribution in [0.15, 0.2) is 49.1 Å². The Morgan fingerprint density at radius 2 is 2.00 bits per heavy atom. The molecule has 3 aromatic rings. The third kappa shape index (κ3) is 4.77. The van der Waals surface area contributed by atoms with Gasteiger partial charge in [-0.2, -0.15) is 13.2 Å². The van der Waals surface area contributed by atoms with Crippen molar-refractivity contribution in [3.63, 3.8) is 0 Å². The van der Waals surface area contributed by atoms with Gasteiger partial charge in [0.25, 0.3) is 5.91 Å². The third-order valence-corrected chi connectivity index (χ3v) is 6.09. The summed E-state index contributed by atoms with van der Waals surface area (Å²) >= 11 is 0. The smallest absolute Gasteiger partial charge is 0.351 e. The van der Waals surface area contributed by atoms with Gasteiger partial charge in [0.05, 0.1) is 0 Å². The van der Waals surface area contributed by atoms with E-state index in [4.69, 9.17) is 0 Å². The van der Waals surface area contributed by atoms with E-state index < -0.39 is 12.2 Å². The molecule has 6 nitrogen and oxygen atoms in total. The maximum Gasteiger partial charge on any atom is 0.408 e. The Hall–Kier alpha value is -2.94. The predicted octanol–water partition coefficient (Wildman–Crippen LogP) is 4.62. The van der Waals surface area contributed by atoms with E-state index >= 15 is 0 Å². The van der Waals surface area contributed by atoms with E-state index in [2.05, 4.69) is 20.3 Å². The van der Waals surface area contributed by atoms with Gasteiger partial charge in [-0.1, -0.05) is 18.2 Å². The number of hydrogen-bond donors (Lipinski definition) is 2. The number of H-pyrrole nitrogens is 1. The van der Waals surface area contributed by atoms with Crippen LogP contribution in [0, 0.1) is 0 Å². The summed E-state index contributed by atoms with van der Waals surface area (Å²) in [5, 5.41) is 3.72. The van der Waals surface area contributed by atoms with Crippen LogP contribution in [0.5, 0.6) is 0 Å². The number of carbonyl (C=O) groups excluding carboxylic acids is 1. The van der Waals surface area contributed by atoms with E-state index in [1.54, 1.807) is 4.90 Å². The molecular weight excluding hydrogens is 419 g/mol. The van der Waals surface area contributed by atoms with Gasteiger partial charge in [0, 0.05) is 47.5 Å². The lowest BCUT2D eigenvalue weighted by Crippen LogP contribution is -2.49. The molecule has 0 saturated heterocycles. The van der Waals surface area contributed by atoms with Crippen molar-refractivity contribution in [1.29, 1.82) is 0 Å². The van der Waals surface area contributed by atoms with Crippen molar-refractivity contribution >= 4 is 16.8 Å². The Kier molecular flexibility index (Phi) is 6.45. The number of carbonyl (C=O) groups is 1. The first-order valence-corrected chi connectivity index (χ1v) is 10.8. The number of halogens is 3. The summed E-state index contributed by atoms with van der Waals surface area (Å²) in [4.78, 5) is 25.6. The van der Waals surface area contributed by atoms with Crippen LogP contribution in [0.25, 0.3) is 10.9 Å². The van der Waals surface area contributed by atoms with Gasteiger partial charge in [-0.25, -0.2) is 9.97 Å². The lowest BCUT2D eigenvalue weighted by molar-refractivity contribution is -0.160. The van der Waals surface area contributed by atoms with Crippen molar-refractivity contribution in [3.8, 4) is 0 Å². The van der Waals surface area contributed by atoms with Gasteiger partial charge in [0.15, 0.2) is 0 Å². The molecule has 1 aliphatic carbocycles. The number of aromatic nitrogens is 3. The second kappa shape index (κ2) is 9.28. The standard InChI is InChI=1S/C23H26F3N5O/c1-2-31(22(32)20-10-15-6-3-4-9-19(15)30-20)18-8-5-7-17(11-18)29-21(23(24,25)26)16-12-27-14-28-13-16/h3-4,6,9-10,12-14,17-18,21,29-30H,2,5,7-8,11H2,1H3/t17-,18+,21-/m1/s1. The zero-order chi connectivity index (χ0) is 22.7. The molecular formula is C23H26F3N5O. The minimum Gasteiger partial charge on any atom is -0.351 e. The van der Waals surface area contributed by atoms with Crippen molar-refractivity contribution in [2.24, 2.45) is 0 Å². The fourth-order valence-electron chi connectivity index (χ4n) is 4.58. The molecule has 32 heavy (non-hydrogen) atoms. The van der Waals surface area contributed by atoms with Gasteiger partial charge in [-0.15, -0.1) is 0 Å². The van der Waals surface area contributed by atoms with E-state index in [1.807, 2.05) is 37.3 Å². The highest BCUT2D eigenvalue weighted by Gasteiger charge is 2.43. The molecule has 0 spiro atoms. The van der Waals surface area contributed by atoms with Gasteiger partial charge in [-0.3, -0.25) is 10.1 Å². The highest BCUT2D eigenvalue weighted by molar-refractivity contribution is 5.98. The number of nitrogens with zero attached hydrogens (tertiary/aromatic N) is 3. The number of rotatable bonds is 6. The molecule has 1 saturated carbocycles. The summed E-state index contributed by atoms with van der Waals surface area (Å²) in [6.07, 6.45) is 1.71. The summed E-state index contributed by atoms with van der Waals surface area (Å²) in [5.74, 6) is -0.127. The normalized spacial score (nSPS) is 20.2. The second-order valence-corrected chi connectivity index (χ2v) is 8.19. The van der Waals surface area contributed by atoms with Crippen LogP contribution in [0.1, 0.15) is 54.7 Å². The van der Waals surface area contributed by atoms with Gasteiger partial charge < -0.3 is 9.88 Å². The van der Waals surface area contributed by atoms with Crippen LogP contribution >= 0.6 is 0 Å². The van der Waals surface area contributed by atoms with Crippen LogP contribution in [0.3, 0.4) is 0 Å². The van der Waals surface area contributed by atoms with Crippen molar-refractivity contribution < 1.29 is 18.0 Å². The molecule has 0 unspecified atom stereocenters. The van der Waals surface area contributed by atoms with E-state index in [9.17, 15) is 18.0 Å². The second-order valence-electron chi connectivity index (χ2n) is 8.19. The zero-order valence-electron chi connectivity index (χ0n) is 17.8. The molecule has 2 heterocycles. The number of para-hydroxylation sites is 1. The minimum absolute atomic E-state index is 0.0105. The van der Waals surface area contributed by atoms with Crippen LogP contribution in [-0.2, 0) is 0 Å². The molecule has 0 radical (unpaired) electrons. The van der Waals surface area contributed by atoms with Crippen molar-refractivity contribution in [1.82, 2.24) is 25.2 Å². The number of hydrogen-bond acceptors (Lipinski definition) is 4. The number of nitrogens with one attached hydrogen (secondary N) is 2. The van der Waals surface area contributed by atoms with Crippen molar-refractivity contribution in [2.75, 3.05) is 6.54 Å². The number of fused-ring (bicyclic) bond motifs is 1. The van der Waals surface area contributed by atoms with E-state index in [-0.39, 0.29) is 23.6 Å². The molecule has 9 heteroatoms. The largest absolute Gasteiger partial charge is 0.408 e. The molecule has 1 aromatic carbocycles. The van der Waals surface area contributed by atoms with Crippen molar-refractivity contribution in [3.05, 3.63) is 60.3 Å². The predicted molar refractivity (Wildman–Crippen MR) is 115 cm³/mol. The maximum absolute atomic E-state index is 13.7. The lowest BCUT2D eigenvalue weighted by Gasteiger charge is -2.38. The molecule has 4 rings (SSSR count). The maximum atomic E-state index is 13.7. The highest BCUT2D eigenvalue weighted by atomic mass is 19.4. The monoisotopic (exact) mass is 445 g/mol. The van der Waals surface area contributed by atoms with Crippen LogP contribution in [0.2, 0.25) is 0 Å². The van der Waals surface area contributed by atoms with Crippen molar-refractivity contribution in [2.45, 2.75) is 56.9 Å². The average molecular weight is 445 g/mol. The Morgan fingerprint density at radius 3 is 2.69 bits per heavy atom. The van der Waals surface area contributed by atoms with Crippen LogP contribution in [0.4, 0.5) is 13.2 Å². The molecule has 2 N–H and O–H groups in total. The molecule has 0 bridgehead atoms. The van der Waals surface area contributed by atoms with Crippen LogP contribution < -0.4 is 5.32 Å². The highest BCUT2D eigenvalue weighted by Crippen LogP contribution is 2.35. The molecule has 0 aliphatic heterocycles. The van der Waals surface area contributed by atoms with E-state index in [1.165, 1.54) is 18.7 Å². The summed E-state index contributed by atoms with van der Waals surface area (Å²) in [6.45, 7) is 2.39. The number of benzene rings is 1. The van der Waals surface area contributed by atoms with E-state index in [0.29, 0.717) is 25.1 Å². The number of aromatic amines is 1. The quantitative estimate of drug-likeness (QED) is 0.581. The van der Waals surface area contributed by atoms with Crippen LogP contribution in [-0.4, -0.2) is 50.6 Å². The number of alkyl halides is 3. The van der Waals surface area contributed by atoms with Gasteiger partial charge >= 0.3 is 6.18 Å². The Balaban J connectivity index is 1.49. The Labute approximate surface area is 184 Å². The first kappa shape index (κ1) is 22.3. The molecule has 1 aliphatic rings.